The third-order valence-electron chi connectivity index (χ3n) is 2.47. The smallest absolute Gasteiger partial charge is 0.442 e. The number of nitrogens with zero attached hydrogens (tertiary/aromatic N) is 2. The molecule has 1 aliphatic heterocycles. The van der Waals surface area contributed by atoms with Gasteiger partial charge in [0.25, 0.3) is 0 Å². The van der Waals surface area contributed by atoms with Crippen LogP contribution in [-0.4, -0.2) is 18.8 Å². The third kappa shape index (κ3) is 1.96. The van der Waals surface area contributed by atoms with Crippen LogP contribution in [0.2, 0.25) is 0 Å². The van der Waals surface area contributed by atoms with E-state index in [0.29, 0.717) is 0 Å². The van der Waals surface area contributed by atoms with Gasteiger partial charge in [0.05, 0.1) is 12.2 Å². The second-order valence-electron chi connectivity index (χ2n) is 3.67. The number of esters is 1. The number of rotatable bonds is 3. The normalized spacial score (nSPS) is 16.4. The Labute approximate surface area is 100 Å². The fourth-order valence-corrected chi connectivity index (χ4v) is 1.52. The molecule has 7 heteroatoms. The van der Waals surface area contributed by atoms with Gasteiger partial charge in [-0.25, -0.2) is 4.79 Å². The van der Waals surface area contributed by atoms with Crippen molar-refractivity contribution in [1.29, 1.82) is 0 Å². The van der Waals surface area contributed by atoms with Crippen molar-refractivity contribution in [3.05, 3.63) is 35.4 Å². The molecule has 0 bridgehead atoms. The summed E-state index contributed by atoms with van der Waals surface area (Å²) >= 11 is 0. The first-order valence-electron chi connectivity index (χ1n) is 5.19. The second-order valence-corrected chi connectivity index (χ2v) is 3.67. The summed E-state index contributed by atoms with van der Waals surface area (Å²) in [4.78, 5) is 11.4. The minimum absolute atomic E-state index is 0.0512. The molecule has 0 radical (unpaired) electrons. The Morgan fingerprint density at radius 1 is 1.39 bits per heavy atom. The Hall–Kier alpha value is -1.92. The molecular weight excluding hydrogens is 249 g/mol. The Bertz CT molecular complexity index is 505. The van der Waals surface area contributed by atoms with E-state index in [4.69, 9.17) is 4.74 Å². The van der Waals surface area contributed by atoms with Crippen molar-refractivity contribution in [2.45, 2.75) is 18.8 Å². The molecule has 1 aromatic carbocycles. The molecule has 0 spiro atoms. The molecule has 1 aromatic rings. The highest BCUT2D eigenvalue weighted by molar-refractivity contribution is 5.89. The van der Waals surface area contributed by atoms with Gasteiger partial charge in [-0.1, -0.05) is 12.1 Å². The molecule has 0 fully saturated rings. The molecule has 0 amide bonds. The summed E-state index contributed by atoms with van der Waals surface area (Å²) in [5.74, 6) is -0.669. The average Bonchev–Trinajstić information content (AvgIpc) is 3.10. The maximum absolute atomic E-state index is 12.8. The van der Waals surface area contributed by atoms with Crippen molar-refractivity contribution in [2.75, 3.05) is 6.61 Å². The minimum Gasteiger partial charge on any atom is -0.462 e. The van der Waals surface area contributed by atoms with Gasteiger partial charge < -0.3 is 4.74 Å². The highest BCUT2D eigenvalue weighted by Crippen LogP contribution is 2.52. The fraction of sp³-hybridized carbons (Fsp3) is 0.364. The number of carbonyl (C=O) groups excluding carboxylic acids is 1. The van der Waals surface area contributed by atoms with Gasteiger partial charge in [-0.05, 0) is 19.1 Å². The van der Waals surface area contributed by atoms with E-state index in [-0.39, 0.29) is 17.7 Å². The van der Waals surface area contributed by atoms with Crippen molar-refractivity contribution in [3.63, 3.8) is 0 Å². The van der Waals surface area contributed by atoms with Crippen LogP contribution in [-0.2, 0) is 10.4 Å². The monoisotopic (exact) mass is 258 g/mol. The summed E-state index contributed by atoms with van der Waals surface area (Å²) < 4.78 is 43.0. The predicted octanol–water partition coefficient (Wildman–Crippen LogP) is 3.04. The molecule has 4 nitrogen and oxygen atoms in total. The van der Waals surface area contributed by atoms with E-state index in [2.05, 4.69) is 10.2 Å². The van der Waals surface area contributed by atoms with Crippen LogP contribution in [0, 0.1) is 0 Å². The van der Waals surface area contributed by atoms with Crippen LogP contribution in [0.15, 0.2) is 34.5 Å². The van der Waals surface area contributed by atoms with Gasteiger partial charge in [-0.15, -0.1) is 10.2 Å². The number of alkyl halides is 3. The highest BCUT2D eigenvalue weighted by atomic mass is 19.4. The molecule has 0 N–H and O–H groups in total. The summed E-state index contributed by atoms with van der Waals surface area (Å²) in [6, 6.07) is 5.06. The van der Waals surface area contributed by atoms with Crippen LogP contribution in [0.4, 0.5) is 13.2 Å². The minimum atomic E-state index is -4.60. The number of hydrogen-bond donors (Lipinski definition) is 0. The molecule has 0 aromatic heterocycles. The molecule has 1 aliphatic rings. The Morgan fingerprint density at radius 2 is 2.06 bits per heavy atom. The van der Waals surface area contributed by atoms with Gasteiger partial charge >= 0.3 is 17.8 Å². The van der Waals surface area contributed by atoms with Gasteiger partial charge in [0, 0.05) is 5.56 Å². The van der Waals surface area contributed by atoms with Crippen molar-refractivity contribution in [1.82, 2.24) is 0 Å². The van der Waals surface area contributed by atoms with E-state index >= 15 is 0 Å². The van der Waals surface area contributed by atoms with E-state index < -0.39 is 17.8 Å². The molecule has 0 unspecified atom stereocenters. The van der Waals surface area contributed by atoms with E-state index in [1.807, 2.05) is 0 Å². The van der Waals surface area contributed by atoms with E-state index in [0.717, 1.165) is 6.07 Å². The summed E-state index contributed by atoms with van der Waals surface area (Å²) in [6.45, 7) is 1.77. The maximum Gasteiger partial charge on any atom is 0.442 e. The summed E-state index contributed by atoms with van der Waals surface area (Å²) in [5.41, 5.74) is -2.63. The number of halogens is 3. The van der Waals surface area contributed by atoms with Gasteiger partial charge in [0.15, 0.2) is 0 Å². The van der Waals surface area contributed by atoms with Crippen LogP contribution in [0.3, 0.4) is 0 Å². The van der Waals surface area contributed by atoms with E-state index in [9.17, 15) is 18.0 Å². The number of carbonyl (C=O) groups is 1. The predicted molar refractivity (Wildman–Crippen MR) is 55.0 cm³/mol. The quantitative estimate of drug-likeness (QED) is 0.782. The van der Waals surface area contributed by atoms with Crippen LogP contribution in [0.25, 0.3) is 0 Å². The van der Waals surface area contributed by atoms with Crippen molar-refractivity contribution < 1.29 is 22.7 Å². The fourth-order valence-electron chi connectivity index (χ4n) is 1.52. The molecule has 0 aliphatic carbocycles. The molecule has 1 heterocycles. The van der Waals surface area contributed by atoms with Crippen molar-refractivity contribution >= 4 is 5.97 Å². The van der Waals surface area contributed by atoms with Crippen molar-refractivity contribution in [3.8, 4) is 0 Å². The molecule has 0 saturated heterocycles. The topological polar surface area (TPSA) is 51.0 Å². The van der Waals surface area contributed by atoms with Gasteiger partial charge in [-0.3, -0.25) is 0 Å². The molecule has 0 atom stereocenters. The largest absolute Gasteiger partial charge is 0.462 e. The Morgan fingerprint density at radius 3 is 2.56 bits per heavy atom. The summed E-state index contributed by atoms with van der Waals surface area (Å²) in [6.07, 6.45) is -4.60. The van der Waals surface area contributed by atoms with E-state index in [1.165, 1.54) is 18.2 Å². The molecule has 0 saturated carbocycles. The average molecular weight is 258 g/mol. The van der Waals surface area contributed by atoms with Crippen molar-refractivity contribution in [2.24, 2.45) is 10.2 Å². The second kappa shape index (κ2) is 4.08. The number of hydrogen-bond acceptors (Lipinski definition) is 4. The number of benzene rings is 1. The maximum atomic E-state index is 12.8. The van der Waals surface area contributed by atoms with Crippen LogP contribution < -0.4 is 0 Å². The Balaban J connectivity index is 2.32. The first kappa shape index (κ1) is 12.5. The molecular formula is C11H9F3N2O2. The first-order valence-corrected chi connectivity index (χ1v) is 5.19. The first-order chi connectivity index (χ1) is 8.40. The lowest BCUT2D eigenvalue weighted by Gasteiger charge is -2.15. The van der Waals surface area contributed by atoms with Gasteiger partial charge in [-0.2, -0.15) is 13.2 Å². The van der Waals surface area contributed by atoms with Crippen LogP contribution in [0.5, 0.6) is 0 Å². The molecule has 2 rings (SSSR count). The zero-order valence-corrected chi connectivity index (χ0v) is 9.36. The van der Waals surface area contributed by atoms with E-state index in [1.54, 1.807) is 6.92 Å². The molecule has 18 heavy (non-hydrogen) atoms. The SMILES string of the molecule is CCOC(=O)c1cccc(C2(C(F)(F)F)N=N2)c1. The summed E-state index contributed by atoms with van der Waals surface area (Å²) in [5, 5.41) is 6.14. The summed E-state index contributed by atoms with van der Waals surface area (Å²) in [7, 11) is 0. The zero-order chi connectivity index (χ0) is 13.4. The number of ether oxygens (including phenoxy) is 1. The lowest BCUT2D eigenvalue weighted by Crippen LogP contribution is -2.30. The van der Waals surface area contributed by atoms with Gasteiger partial charge in [0.2, 0.25) is 0 Å². The zero-order valence-electron chi connectivity index (χ0n) is 9.36. The Kier molecular flexibility index (Phi) is 2.84. The lowest BCUT2D eigenvalue weighted by molar-refractivity contribution is -0.166. The van der Waals surface area contributed by atoms with Gasteiger partial charge in [0.1, 0.15) is 0 Å². The lowest BCUT2D eigenvalue weighted by atomic mass is 10.0. The standard InChI is InChI=1S/C11H9F3N2O2/c1-2-18-9(17)7-4-3-5-8(6-7)10(15-16-10)11(12,13)14/h3-6H,2H2,1H3. The highest BCUT2D eigenvalue weighted by Gasteiger charge is 2.65. The molecule has 96 valence electrons. The third-order valence-corrected chi connectivity index (χ3v) is 2.47. The van der Waals surface area contributed by atoms with Crippen LogP contribution in [0.1, 0.15) is 22.8 Å². The van der Waals surface area contributed by atoms with Crippen LogP contribution >= 0.6 is 0 Å².